The standard InChI is InChI=1S/C12H26O4/c1-5-15-12(16-6-2)9-14-8-11(7-13)10(3)4/h10-13H,5-9H2,1-4H3. The van der Waals surface area contributed by atoms with Gasteiger partial charge in [0.15, 0.2) is 6.29 Å². The molecule has 0 rings (SSSR count). The van der Waals surface area contributed by atoms with Gasteiger partial charge in [-0.3, -0.25) is 0 Å². The highest BCUT2D eigenvalue weighted by Crippen LogP contribution is 2.10. The fourth-order valence-electron chi connectivity index (χ4n) is 1.29. The third-order valence-corrected chi connectivity index (χ3v) is 2.47. The summed E-state index contributed by atoms with van der Waals surface area (Å²) in [5.41, 5.74) is 0. The molecule has 1 atom stereocenters. The number of hydrogen-bond acceptors (Lipinski definition) is 4. The third-order valence-electron chi connectivity index (χ3n) is 2.47. The number of aliphatic hydroxyl groups excluding tert-OH is 1. The Balaban J connectivity index is 3.74. The molecule has 4 heteroatoms. The first-order valence-corrected chi connectivity index (χ1v) is 6.07. The van der Waals surface area contributed by atoms with Crippen LogP contribution in [0.15, 0.2) is 0 Å². The fraction of sp³-hybridized carbons (Fsp3) is 1.00. The van der Waals surface area contributed by atoms with E-state index < -0.39 is 0 Å². The van der Waals surface area contributed by atoms with Crippen molar-refractivity contribution in [2.24, 2.45) is 11.8 Å². The van der Waals surface area contributed by atoms with Gasteiger partial charge in [-0.05, 0) is 19.8 Å². The van der Waals surface area contributed by atoms with Crippen LogP contribution in [0.25, 0.3) is 0 Å². The van der Waals surface area contributed by atoms with Crippen LogP contribution in [0.5, 0.6) is 0 Å². The molecule has 0 aromatic carbocycles. The minimum atomic E-state index is -0.290. The Labute approximate surface area is 98.9 Å². The van der Waals surface area contributed by atoms with Crippen LogP contribution in [-0.4, -0.2) is 44.4 Å². The van der Waals surface area contributed by atoms with Crippen molar-refractivity contribution in [1.82, 2.24) is 0 Å². The lowest BCUT2D eigenvalue weighted by molar-refractivity contribution is -0.170. The molecule has 0 aliphatic rings. The summed E-state index contributed by atoms with van der Waals surface area (Å²) in [4.78, 5) is 0. The Bertz CT molecular complexity index is 144. The zero-order chi connectivity index (χ0) is 12.4. The lowest BCUT2D eigenvalue weighted by Gasteiger charge is -2.21. The highest BCUT2D eigenvalue weighted by Gasteiger charge is 2.14. The minimum absolute atomic E-state index is 0.158. The normalized spacial score (nSPS) is 13.7. The van der Waals surface area contributed by atoms with Gasteiger partial charge in [-0.25, -0.2) is 0 Å². The monoisotopic (exact) mass is 234 g/mol. The molecule has 0 amide bonds. The molecule has 98 valence electrons. The van der Waals surface area contributed by atoms with Crippen LogP contribution in [0.2, 0.25) is 0 Å². The minimum Gasteiger partial charge on any atom is -0.396 e. The molecule has 0 aliphatic heterocycles. The van der Waals surface area contributed by atoms with Crippen LogP contribution >= 0.6 is 0 Å². The van der Waals surface area contributed by atoms with Gasteiger partial charge in [-0.1, -0.05) is 13.8 Å². The van der Waals surface area contributed by atoms with Gasteiger partial charge in [0.1, 0.15) is 0 Å². The Morgan fingerprint density at radius 1 is 1.00 bits per heavy atom. The quantitative estimate of drug-likeness (QED) is 0.584. The van der Waals surface area contributed by atoms with Crippen molar-refractivity contribution in [1.29, 1.82) is 0 Å². The molecule has 0 spiro atoms. The zero-order valence-corrected chi connectivity index (χ0v) is 10.9. The van der Waals surface area contributed by atoms with Crippen LogP contribution in [0.1, 0.15) is 27.7 Å². The predicted octanol–water partition coefficient (Wildman–Crippen LogP) is 1.67. The molecule has 0 heterocycles. The van der Waals surface area contributed by atoms with Crippen molar-refractivity contribution in [2.75, 3.05) is 33.0 Å². The molecule has 4 nitrogen and oxygen atoms in total. The van der Waals surface area contributed by atoms with Gasteiger partial charge in [0, 0.05) is 25.7 Å². The van der Waals surface area contributed by atoms with Crippen LogP contribution in [0, 0.1) is 11.8 Å². The second-order valence-corrected chi connectivity index (χ2v) is 4.06. The van der Waals surface area contributed by atoms with Gasteiger partial charge in [-0.2, -0.15) is 0 Å². The van der Waals surface area contributed by atoms with E-state index in [0.29, 0.717) is 32.3 Å². The molecule has 0 saturated carbocycles. The SMILES string of the molecule is CCOC(COCC(CO)C(C)C)OCC. The molecule has 0 fully saturated rings. The summed E-state index contributed by atoms with van der Waals surface area (Å²) >= 11 is 0. The van der Waals surface area contributed by atoms with Crippen molar-refractivity contribution in [2.45, 2.75) is 34.0 Å². The zero-order valence-electron chi connectivity index (χ0n) is 10.9. The predicted molar refractivity (Wildman–Crippen MR) is 63.3 cm³/mol. The Morgan fingerprint density at radius 3 is 1.94 bits per heavy atom. The Kier molecular flexibility index (Phi) is 9.92. The van der Waals surface area contributed by atoms with Gasteiger partial charge in [0.2, 0.25) is 0 Å². The Morgan fingerprint density at radius 2 is 1.56 bits per heavy atom. The molecule has 0 bridgehead atoms. The maximum absolute atomic E-state index is 9.13. The van der Waals surface area contributed by atoms with Crippen molar-refractivity contribution < 1.29 is 19.3 Å². The summed E-state index contributed by atoms with van der Waals surface area (Å²) in [5, 5.41) is 9.13. The second-order valence-electron chi connectivity index (χ2n) is 4.06. The lowest BCUT2D eigenvalue weighted by atomic mass is 9.98. The maximum atomic E-state index is 9.13. The molecule has 1 N–H and O–H groups in total. The van der Waals surface area contributed by atoms with Crippen LogP contribution < -0.4 is 0 Å². The molecule has 1 unspecified atom stereocenters. The third kappa shape index (κ3) is 7.17. The van der Waals surface area contributed by atoms with E-state index in [9.17, 15) is 0 Å². The van der Waals surface area contributed by atoms with E-state index in [1.165, 1.54) is 0 Å². The maximum Gasteiger partial charge on any atom is 0.180 e. The second kappa shape index (κ2) is 10.0. The topological polar surface area (TPSA) is 47.9 Å². The number of rotatable bonds is 10. The van der Waals surface area contributed by atoms with E-state index in [2.05, 4.69) is 13.8 Å². The highest BCUT2D eigenvalue weighted by molar-refractivity contribution is 4.60. The summed E-state index contributed by atoms with van der Waals surface area (Å²) in [7, 11) is 0. The Hall–Kier alpha value is -0.160. The summed E-state index contributed by atoms with van der Waals surface area (Å²) in [6.07, 6.45) is -0.290. The number of ether oxygens (including phenoxy) is 3. The largest absolute Gasteiger partial charge is 0.396 e. The van der Waals surface area contributed by atoms with Gasteiger partial charge >= 0.3 is 0 Å². The molecular weight excluding hydrogens is 208 g/mol. The van der Waals surface area contributed by atoms with Crippen LogP contribution in [0.3, 0.4) is 0 Å². The van der Waals surface area contributed by atoms with E-state index in [1.54, 1.807) is 0 Å². The van der Waals surface area contributed by atoms with Gasteiger partial charge in [0.25, 0.3) is 0 Å². The highest BCUT2D eigenvalue weighted by atomic mass is 16.7. The number of hydrogen-bond donors (Lipinski definition) is 1. The molecule has 0 aromatic heterocycles. The van der Waals surface area contributed by atoms with Gasteiger partial charge in [-0.15, -0.1) is 0 Å². The van der Waals surface area contributed by atoms with E-state index in [4.69, 9.17) is 19.3 Å². The van der Waals surface area contributed by atoms with Crippen molar-refractivity contribution in [3.05, 3.63) is 0 Å². The average molecular weight is 234 g/mol. The van der Waals surface area contributed by atoms with Crippen LogP contribution in [-0.2, 0) is 14.2 Å². The van der Waals surface area contributed by atoms with E-state index in [1.807, 2.05) is 13.8 Å². The first kappa shape index (κ1) is 15.8. The summed E-state index contributed by atoms with van der Waals surface area (Å²) in [6.45, 7) is 10.4. The number of aliphatic hydroxyl groups is 1. The molecule has 0 aromatic rings. The first-order valence-electron chi connectivity index (χ1n) is 6.07. The molecule has 0 aliphatic carbocycles. The summed E-state index contributed by atoms with van der Waals surface area (Å²) in [6, 6.07) is 0. The average Bonchev–Trinajstić information content (AvgIpc) is 2.24. The fourth-order valence-corrected chi connectivity index (χ4v) is 1.29. The van der Waals surface area contributed by atoms with Gasteiger partial charge in [0.05, 0.1) is 13.2 Å². The van der Waals surface area contributed by atoms with Crippen molar-refractivity contribution in [3.63, 3.8) is 0 Å². The summed E-state index contributed by atoms with van der Waals surface area (Å²) < 4.78 is 16.2. The van der Waals surface area contributed by atoms with Crippen molar-refractivity contribution in [3.8, 4) is 0 Å². The van der Waals surface area contributed by atoms with Crippen LogP contribution in [0.4, 0.5) is 0 Å². The molecular formula is C12H26O4. The van der Waals surface area contributed by atoms with E-state index in [-0.39, 0.29) is 18.8 Å². The van der Waals surface area contributed by atoms with Gasteiger partial charge < -0.3 is 19.3 Å². The smallest absolute Gasteiger partial charge is 0.180 e. The van der Waals surface area contributed by atoms with Crippen molar-refractivity contribution >= 4 is 0 Å². The summed E-state index contributed by atoms with van der Waals surface area (Å²) in [5.74, 6) is 0.603. The molecule has 0 radical (unpaired) electrons. The molecule has 0 saturated heterocycles. The lowest BCUT2D eigenvalue weighted by Crippen LogP contribution is -2.27. The van der Waals surface area contributed by atoms with E-state index in [0.717, 1.165) is 0 Å². The van der Waals surface area contributed by atoms with E-state index >= 15 is 0 Å². The first-order chi connectivity index (χ1) is 7.65. The molecule has 16 heavy (non-hydrogen) atoms.